The van der Waals surface area contributed by atoms with Crippen LogP contribution in [0.2, 0.25) is 0 Å². The summed E-state index contributed by atoms with van der Waals surface area (Å²) in [6.45, 7) is 9.00. The van der Waals surface area contributed by atoms with Gasteiger partial charge in [-0.1, -0.05) is 84.4 Å². The Bertz CT molecular complexity index is 1030. The Morgan fingerprint density at radius 1 is 0.971 bits per heavy atom. The van der Waals surface area contributed by atoms with E-state index in [1.54, 1.807) is 13.0 Å². The quantitative estimate of drug-likeness (QED) is 0.301. The van der Waals surface area contributed by atoms with Crippen molar-refractivity contribution in [1.82, 2.24) is 9.62 Å². The smallest absolute Gasteiger partial charge is 0.325 e. The molecule has 0 spiro atoms. The van der Waals surface area contributed by atoms with Crippen LogP contribution in [-0.4, -0.2) is 33.8 Å². The lowest BCUT2D eigenvalue weighted by Crippen LogP contribution is -2.54. The molecular formula is C28H32N2O3S. The van der Waals surface area contributed by atoms with E-state index in [9.17, 15) is 9.00 Å². The monoisotopic (exact) mass is 476 g/mol. The Morgan fingerprint density at radius 3 is 1.97 bits per heavy atom. The third kappa shape index (κ3) is 7.22. The van der Waals surface area contributed by atoms with Crippen LogP contribution in [0.25, 0.3) is 0 Å². The minimum atomic E-state index is -1.53. The molecule has 1 N–H and O–H groups in total. The van der Waals surface area contributed by atoms with E-state index in [2.05, 4.69) is 11.3 Å². The maximum atomic E-state index is 13.3. The minimum absolute atomic E-state index is 0.255. The molecule has 5 nitrogen and oxygen atoms in total. The van der Waals surface area contributed by atoms with Crippen molar-refractivity contribution in [3.8, 4) is 0 Å². The summed E-state index contributed by atoms with van der Waals surface area (Å²) < 4.78 is 21.7. The van der Waals surface area contributed by atoms with E-state index in [4.69, 9.17) is 4.74 Å². The topological polar surface area (TPSA) is 58.6 Å². The molecule has 0 aliphatic rings. The minimum Gasteiger partial charge on any atom is -0.465 e. The first-order valence-corrected chi connectivity index (χ1v) is 12.5. The van der Waals surface area contributed by atoms with Crippen molar-refractivity contribution >= 4 is 17.0 Å². The SMILES string of the molecule is C=C[C@@H](NS(=O)c1ccc(C)cc1)[C@@H](C(=O)OCC)N(Cc1ccccc1)Cc1ccccc1. The Morgan fingerprint density at radius 2 is 1.50 bits per heavy atom. The van der Waals surface area contributed by atoms with Gasteiger partial charge in [-0.2, -0.15) is 0 Å². The molecule has 0 heterocycles. The number of hydrogen-bond donors (Lipinski definition) is 1. The normalized spacial score (nSPS) is 13.7. The molecule has 1 unspecified atom stereocenters. The molecule has 178 valence electrons. The second-order valence-electron chi connectivity index (χ2n) is 8.03. The molecule has 3 aromatic rings. The number of ether oxygens (including phenoxy) is 1. The predicted molar refractivity (Wildman–Crippen MR) is 137 cm³/mol. The average molecular weight is 477 g/mol. The zero-order valence-corrected chi connectivity index (χ0v) is 20.5. The Hall–Kier alpha value is -3.06. The third-order valence-corrected chi connectivity index (χ3v) is 6.64. The van der Waals surface area contributed by atoms with Gasteiger partial charge in [0, 0.05) is 13.1 Å². The predicted octanol–water partition coefficient (Wildman–Crippen LogP) is 4.80. The lowest BCUT2D eigenvalue weighted by molar-refractivity contribution is -0.150. The van der Waals surface area contributed by atoms with Crippen molar-refractivity contribution in [2.45, 2.75) is 43.9 Å². The average Bonchev–Trinajstić information content (AvgIpc) is 2.85. The van der Waals surface area contributed by atoms with Crippen molar-refractivity contribution in [3.63, 3.8) is 0 Å². The molecule has 0 radical (unpaired) electrons. The highest BCUT2D eigenvalue weighted by Crippen LogP contribution is 2.19. The summed E-state index contributed by atoms with van der Waals surface area (Å²) in [5, 5.41) is 0. The van der Waals surface area contributed by atoms with Crippen molar-refractivity contribution < 1.29 is 13.7 Å². The second-order valence-corrected chi connectivity index (χ2v) is 9.28. The van der Waals surface area contributed by atoms with Crippen LogP contribution in [0.5, 0.6) is 0 Å². The summed E-state index contributed by atoms with van der Waals surface area (Å²) in [6.07, 6.45) is 1.64. The standard InChI is InChI=1S/C28H32N2O3S/c1-4-26(29-34(32)25-18-16-22(3)17-19-25)27(28(31)33-5-2)30(20-23-12-8-6-9-13-23)21-24-14-10-7-11-15-24/h4,6-19,26-27,29H,1,5,20-21H2,2-3H3/t26-,27+,34?/m1/s1. The number of carbonyl (C=O) groups is 1. The summed E-state index contributed by atoms with van der Waals surface area (Å²) in [6, 6.07) is 26.1. The van der Waals surface area contributed by atoms with Gasteiger partial charge in [0.1, 0.15) is 17.0 Å². The van der Waals surface area contributed by atoms with Crippen LogP contribution in [0.3, 0.4) is 0 Å². The summed E-state index contributed by atoms with van der Waals surface area (Å²) in [7, 11) is -1.53. The van der Waals surface area contributed by atoms with Gasteiger partial charge in [0.25, 0.3) is 0 Å². The summed E-state index contributed by atoms with van der Waals surface area (Å²) >= 11 is 0. The van der Waals surface area contributed by atoms with E-state index in [1.807, 2.05) is 96.8 Å². The van der Waals surface area contributed by atoms with E-state index in [1.165, 1.54) is 0 Å². The first-order valence-electron chi connectivity index (χ1n) is 11.4. The van der Waals surface area contributed by atoms with Gasteiger partial charge in [0.05, 0.1) is 17.5 Å². The van der Waals surface area contributed by atoms with Crippen molar-refractivity contribution in [1.29, 1.82) is 0 Å². The van der Waals surface area contributed by atoms with Gasteiger partial charge in [-0.25, -0.2) is 8.93 Å². The van der Waals surface area contributed by atoms with Gasteiger partial charge in [-0.15, -0.1) is 6.58 Å². The van der Waals surface area contributed by atoms with Crippen LogP contribution >= 0.6 is 0 Å². The number of nitrogens with one attached hydrogen (secondary N) is 1. The van der Waals surface area contributed by atoms with Crippen LogP contribution in [0.4, 0.5) is 0 Å². The number of rotatable bonds is 12. The Kier molecular flexibility index (Phi) is 9.76. The molecule has 34 heavy (non-hydrogen) atoms. The fourth-order valence-corrected chi connectivity index (χ4v) is 4.73. The third-order valence-electron chi connectivity index (χ3n) is 5.45. The van der Waals surface area contributed by atoms with Crippen LogP contribution in [0.15, 0.2) is 102 Å². The maximum Gasteiger partial charge on any atom is 0.325 e. The van der Waals surface area contributed by atoms with Crippen LogP contribution < -0.4 is 4.72 Å². The number of nitrogens with zero attached hydrogens (tertiary/aromatic N) is 1. The van der Waals surface area contributed by atoms with Gasteiger partial charge in [-0.05, 0) is 37.1 Å². The molecule has 3 aromatic carbocycles. The molecule has 3 atom stereocenters. The molecule has 0 bridgehead atoms. The van der Waals surface area contributed by atoms with Gasteiger partial charge >= 0.3 is 5.97 Å². The van der Waals surface area contributed by atoms with E-state index in [0.29, 0.717) is 18.0 Å². The lowest BCUT2D eigenvalue weighted by atomic mass is 10.0. The summed E-state index contributed by atoms with van der Waals surface area (Å²) in [5.74, 6) is -0.382. The van der Waals surface area contributed by atoms with Crippen molar-refractivity contribution in [2.75, 3.05) is 6.61 Å². The highest BCUT2D eigenvalue weighted by Gasteiger charge is 2.35. The maximum absolute atomic E-state index is 13.3. The largest absolute Gasteiger partial charge is 0.465 e. The fraction of sp³-hybridized carbons (Fsp3) is 0.250. The zero-order valence-electron chi connectivity index (χ0n) is 19.7. The van der Waals surface area contributed by atoms with E-state index >= 15 is 0 Å². The molecule has 0 amide bonds. The van der Waals surface area contributed by atoms with Gasteiger partial charge < -0.3 is 4.74 Å². The fourth-order valence-electron chi connectivity index (χ4n) is 3.73. The lowest BCUT2D eigenvalue weighted by Gasteiger charge is -2.34. The first kappa shape index (κ1) is 25.6. The van der Waals surface area contributed by atoms with Crippen LogP contribution in [0.1, 0.15) is 23.6 Å². The number of hydrogen-bond acceptors (Lipinski definition) is 4. The van der Waals surface area contributed by atoms with Crippen LogP contribution in [-0.2, 0) is 33.6 Å². The molecule has 3 rings (SSSR count). The van der Waals surface area contributed by atoms with Crippen molar-refractivity contribution in [3.05, 3.63) is 114 Å². The summed E-state index contributed by atoms with van der Waals surface area (Å²) in [4.78, 5) is 16.0. The number of carbonyl (C=O) groups excluding carboxylic acids is 1. The molecule has 6 heteroatoms. The number of aryl methyl sites for hydroxylation is 1. The molecule has 0 aliphatic heterocycles. The second kappa shape index (κ2) is 13.0. The molecule has 0 saturated heterocycles. The van der Waals surface area contributed by atoms with Crippen molar-refractivity contribution in [2.24, 2.45) is 0 Å². The number of benzene rings is 3. The van der Waals surface area contributed by atoms with Crippen LogP contribution in [0, 0.1) is 6.92 Å². The highest BCUT2D eigenvalue weighted by atomic mass is 32.2. The Labute approximate surface area is 205 Å². The molecule has 0 aromatic heterocycles. The van der Waals surface area contributed by atoms with Gasteiger partial charge in [0.15, 0.2) is 0 Å². The highest BCUT2D eigenvalue weighted by molar-refractivity contribution is 7.83. The number of esters is 1. The first-order chi connectivity index (χ1) is 16.5. The Balaban J connectivity index is 1.94. The molecule has 0 fully saturated rings. The van der Waals surface area contributed by atoms with E-state index in [-0.39, 0.29) is 12.6 Å². The molecular weight excluding hydrogens is 444 g/mol. The molecule has 0 aliphatic carbocycles. The van der Waals surface area contributed by atoms with Gasteiger partial charge in [-0.3, -0.25) is 9.69 Å². The van der Waals surface area contributed by atoms with E-state index < -0.39 is 23.1 Å². The zero-order chi connectivity index (χ0) is 24.3. The van der Waals surface area contributed by atoms with E-state index in [0.717, 1.165) is 16.7 Å². The summed E-state index contributed by atoms with van der Waals surface area (Å²) in [5.41, 5.74) is 3.22. The van der Waals surface area contributed by atoms with Gasteiger partial charge in [0.2, 0.25) is 0 Å². The molecule has 0 saturated carbocycles.